The standard InChI is InChI=1S/C22H42N2O14S2/c1-22(2,3)10-23-5-6-37-19-11(9-39(30,31)32)7-13(15(17(19)26)24-40(33,34)35)38-20-12(21(28)29)8-14(36-4)16(25)18(20)27/h11-20,23-27H,5-10H2,1-4H3,(H,28,29)(H,30,31,32)(H,33,34,35)/p-3/t11?,12?,13-,14-,15?,16?,17-,18-,19+,20+/m1/s1. The number of aliphatic hydroxyl groups is 3. The van der Waals surface area contributed by atoms with Gasteiger partial charge in [-0.05, 0) is 18.3 Å². The third-order valence-corrected chi connectivity index (χ3v) is 8.33. The van der Waals surface area contributed by atoms with Crippen LogP contribution in [0.1, 0.15) is 33.6 Å². The first-order valence-corrected chi connectivity index (χ1v) is 15.6. The number of carbonyl (C=O) groups excluding carboxylic acids is 1. The normalized spacial score (nSPS) is 35.9. The van der Waals surface area contributed by atoms with Gasteiger partial charge in [0, 0.05) is 43.8 Å². The Bertz CT molecular complexity index is 1050. The fourth-order valence-electron chi connectivity index (χ4n) is 5.14. The lowest BCUT2D eigenvalue weighted by Crippen LogP contribution is -2.66. The molecule has 0 bridgehead atoms. The van der Waals surface area contributed by atoms with Crippen LogP contribution in [0.4, 0.5) is 0 Å². The van der Waals surface area contributed by atoms with Crippen LogP contribution < -0.4 is 15.1 Å². The molecule has 0 heterocycles. The van der Waals surface area contributed by atoms with Gasteiger partial charge in [-0.3, -0.25) is 0 Å². The van der Waals surface area contributed by atoms with E-state index in [-0.39, 0.29) is 25.0 Å². The molecule has 5 N–H and O–H groups in total. The third-order valence-electron chi connectivity index (χ3n) is 6.94. The lowest BCUT2D eigenvalue weighted by molar-refractivity contribution is -0.323. The molecule has 16 nitrogen and oxygen atoms in total. The minimum Gasteiger partial charge on any atom is -0.748 e. The zero-order chi connectivity index (χ0) is 30.6. The number of hydrogen-bond acceptors (Lipinski definition) is 15. The Balaban J connectivity index is 2.37. The second kappa shape index (κ2) is 14.0. The predicted molar refractivity (Wildman–Crippen MR) is 132 cm³/mol. The average Bonchev–Trinajstić information content (AvgIpc) is 2.78. The smallest absolute Gasteiger partial charge is 0.159 e. The number of hydrogen-bond donors (Lipinski definition) is 5. The summed E-state index contributed by atoms with van der Waals surface area (Å²) in [6, 6.07) is -1.80. The molecule has 0 aromatic rings. The van der Waals surface area contributed by atoms with E-state index in [0.717, 1.165) is 0 Å². The Labute approximate surface area is 234 Å². The van der Waals surface area contributed by atoms with E-state index in [0.29, 0.717) is 6.54 Å². The highest BCUT2D eigenvalue weighted by molar-refractivity contribution is 7.85. The SMILES string of the molecule is CO[C@@H]1CC(C(=O)[O-])[C@H](O[C@@H]2CC(CS(=O)(=O)[O-])[C@H](OCCNCC(C)(C)C)[C@H](O)C2NS(=O)(=O)[O-])[C@H](O)C1O. The highest BCUT2D eigenvalue weighted by Crippen LogP contribution is 2.36. The summed E-state index contributed by atoms with van der Waals surface area (Å²) in [7, 11) is -9.01. The molecule has 0 radical (unpaired) electrons. The van der Waals surface area contributed by atoms with Crippen LogP contribution in [0.3, 0.4) is 0 Å². The maximum absolute atomic E-state index is 11.8. The van der Waals surface area contributed by atoms with Gasteiger partial charge in [0.2, 0.25) is 0 Å². The first kappa shape index (κ1) is 35.2. The van der Waals surface area contributed by atoms with E-state index < -0.39 is 99.2 Å². The van der Waals surface area contributed by atoms with Gasteiger partial charge in [0.05, 0.1) is 53.3 Å². The molecule has 10 atom stereocenters. The molecule has 0 aliphatic heterocycles. The zero-order valence-electron chi connectivity index (χ0n) is 22.7. The monoisotopic (exact) mass is 619 g/mol. The molecule has 0 saturated heterocycles. The minimum atomic E-state index is -5.27. The van der Waals surface area contributed by atoms with Gasteiger partial charge in [-0.1, -0.05) is 20.8 Å². The Morgan fingerprint density at radius 2 is 1.60 bits per heavy atom. The van der Waals surface area contributed by atoms with Crippen molar-refractivity contribution in [1.82, 2.24) is 10.0 Å². The summed E-state index contributed by atoms with van der Waals surface area (Å²) >= 11 is 0. The largest absolute Gasteiger partial charge is 0.748 e. The minimum absolute atomic E-state index is 0.0740. The van der Waals surface area contributed by atoms with Gasteiger partial charge in [0.1, 0.15) is 12.2 Å². The lowest BCUT2D eigenvalue weighted by Gasteiger charge is -2.49. The summed E-state index contributed by atoms with van der Waals surface area (Å²) in [6.07, 6.45) is -12.3. The number of rotatable bonds is 13. The molecular formula is C22H39N2O14S2-3. The van der Waals surface area contributed by atoms with Crippen molar-refractivity contribution in [3.63, 3.8) is 0 Å². The van der Waals surface area contributed by atoms with Gasteiger partial charge in [-0.2, -0.15) is 0 Å². The number of methoxy groups -OCH3 is 1. The molecule has 0 aromatic carbocycles. The van der Waals surface area contributed by atoms with Crippen molar-refractivity contribution in [2.45, 2.75) is 82.4 Å². The van der Waals surface area contributed by atoms with Crippen molar-refractivity contribution in [3.8, 4) is 0 Å². The summed E-state index contributed by atoms with van der Waals surface area (Å²) in [5.74, 6) is -5.63. The van der Waals surface area contributed by atoms with Crippen molar-refractivity contribution in [3.05, 3.63) is 0 Å². The number of carbonyl (C=O) groups is 1. The first-order valence-electron chi connectivity index (χ1n) is 12.7. The number of ether oxygens (including phenoxy) is 3. The van der Waals surface area contributed by atoms with Gasteiger partial charge in [-0.15, -0.1) is 0 Å². The average molecular weight is 620 g/mol. The molecule has 2 rings (SSSR count). The van der Waals surface area contributed by atoms with Crippen molar-refractivity contribution < 1.29 is 65.4 Å². The number of aliphatic carboxylic acids is 1. The number of nitrogens with one attached hydrogen (secondary N) is 2. The van der Waals surface area contributed by atoms with E-state index in [2.05, 4.69) is 5.32 Å². The van der Waals surface area contributed by atoms with E-state index in [1.54, 1.807) is 4.72 Å². The van der Waals surface area contributed by atoms with Gasteiger partial charge in [0.15, 0.2) is 10.3 Å². The van der Waals surface area contributed by atoms with Crippen LogP contribution in [0.25, 0.3) is 0 Å². The van der Waals surface area contributed by atoms with Gasteiger partial charge in [-0.25, -0.2) is 21.6 Å². The van der Waals surface area contributed by atoms with Gasteiger partial charge >= 0.3 is 0 Å². The molecule has 4 unspecified atom stereocenters. The van der Waals surface area contributed by atoms with Crippen LogP contribution in [0.5, 0.6) is 0 Å². The van der Waals surface area contributed by atoms with E-state index in [4.69, 9.17) is 14.2 Å². The number of aliphatic hydroxyl groups excluding tert-OH is 3. The zero-order valence-corrected chi connectivity index (χ0v) is 24.3. The van der Waals surface area contributed by atoms with E-state index in [1.165, 1.54) is 7.11 Å². The van der Waals surface area contributed by atoms with Crippen LogP contribution in [-0.2, 0) is 39.4 Å². The quantitative estimate of drug-likeness (QED) is 0.0962. The molecule has 2 aliphatic rings. The second-order valence-electron chi connectivity index (χ2n) is 11.4. The van der Waals surface area contributed by atoms with Crippen LogP contribution >= 0.6 is 0 Å². The van der Waals surface area contributed by atoms with E-state index in [9.17, 15) is 51.2 Å². The third kappa shape index (κ3) is 10.4. The topological polar surface area (TPSA) is 267 Å². The summed E-state index contributed by atoms with van der Waals surface area (Å²) in [6.45, 7) is 6.66. The maximum Gasteiger partial charge on any atom is 0.159 e. The highest BCUT2D eigenvalue weighted by atomic mass is 32.2. The Hall–Kier alpha value is -1.03. The molecule has 236 valence electrons. The molecule has 0 aromatic heterocycles. The lowest BCUT2D eigenvalue weighted by atomic mass is 9.78. The van der Waals surface area contributed by atoms with E-state index >= 15 is 0 Å². The molecular weight excluding hydrogens is 580 g/mol. The van der Waals surface area contributed by atoms with Crippen LogP contribution in [0, 0.1) is 17.3 Å². The molecule has 2 aliphatic carbocycles. The molecule has 2 saturated carbocycles. The number of carboxylic acids is 1. The summed E-state index contributed by atoms with van der Waals surface area (Å²) in [5.41, 5.74) is -0.0740. The van der Waals surface area contributed by atoms with Gasteiger partial charge in [0.25, 0.3) is 0 Å². The number of carboxylic acid groups (broad SMARTS) is 1. The summed E-state index contributed by atoms with van der Waals surface area (Å²) in [5, 5.41) is 47.0. The molecule has 0 spiro atoms. The fourth-order valence-corrected chi connectivity index (χ4v) is 6.62. The Morgan fingerprint density at radius 1 is 0.975 bits per heavy atom. The van der Waals surface area contributed by atoms with Crippen LogP contribution in [0.2, 0.25) is 0 Å². The van der Waals surface area contributed by atoms with Crippen molar-refractivity contribution in [1.29, 1.82) is 0 Å². The second-order valence-corrected chi connectivity index (χ2v) is 14.0. The Morgan fingerprint density at radius 3 is 2.10 bits per heavy atom. The van der Waals surface area contributed by atoms with Gasteiger partial charge < -0.3 is 53.9 Å². The first-order chi connectivity index (χ1) is 18.2. The highest BCUT2D eigenvalue weighted by Gasteiger charge is 2.51. The molecule has 2 fully saturated rings. The maximum atomic E-state index is 11.8. The van der Waals surface area contributed by atoms with E-state index in [1.807, 2.05) is 20.8 Å². The predicted octanol–water partition coefficient (Wildman–Crippen LogP) is -4.39. The molecule has 18 heteroatoms. The fraction of sp³-hybridized carbons (Fsp3) is 0.955. The summed E-state index contributed by atoms with van der Waals surface area (Å²) < 4.78 is 87.9. The van der Waals surface area contributed by atoms with Crippen molar-refractivity contribution >= 4 is 26.4 Å². The molecule has 40 heavy (non-hydrogen) atoms. The van der Waals surface area contributed by atoms with Crippen LogP contribution in [0.15, 0.2) is 0 Å². The van der Waals surface area contributed by atoms with Crippen molar-refractivity contribution in [2.75, 3.05) is 32.6 Å². The Kier molecular flexibility index (Phi) is 12.3. The van der Waals surface area contributed by atoms with Crippen molar-refractivity contribution in [2.24, 2.45) is 17.3 Å². The summed E-state index contributed by atoms with van der Waals surface area (Å²) in [4.78, 5) is 11.8. The van der Waals surface area contributed by atoms with Crippen LogP contribution in [-0.4, -0.2) is 129 Å². The molecule has 0 amide bonds.